The zero-order valence-corrected chi connectivity index (χ0v) is 22.2. The van der Waals surface area contributed by atoms with Crippen LogP contribution in [0.1, 0.15) is 38.2 Å². The second-order valence-corrected chi connectivity index (χ2v) is 9.29. The second-order valence-electron chi connectivity index (χ2n) is 9.29. The Morgan fingerprint density at radius 3 is 2.20 bits per heavy atom. The Morgan fingerprint density at radius 1 is 0.878 bits per heavy atom. The van der Waals surface area contributed by atoms with Gasteiger partial charge in [0, 0.05) is 17.8 Å². The Kier molecular flexibility index (Phi) is 8.18. The van der Waals surface area contributed by atoms with E-state index >= 15 is 0 Å². The van der Waals surface area contributed by atoms with Crippen molar-refractivity contribution in [2.24, 2.45) is 0 Å². The fourth-order valence-corrected chi connectivity index (χ4v) is 4.30. The molecule has 200 valence electrons. The summed E-state index contributed by atoms with van der Waals surface area (Å²) in [6.07, 6.45) is 3.53. The molecular weight excluding hydrogens is 512 g/mol. The van der Waals surface area contributed by atoms with Gasteiger partial charge in [-0.25, -0.2) is 9.64 Å². The van der Waals surface area contributed by atoms with E-state index in [1.54, 1.807) is 24.3 Å². The summed E-state index contributed by atoms with van der Waals surface area (Å²) in [6, 6.07) is 31.9. The molecule has 0 spiro atoms. The van der Waals surface area contributed by atoms with E-state index in [0.29, 0.717) is 23.4 Å². The minimum atomic E-state index is -0.638. The van der Waals surface area contributed by atoms with Crippen molar-refractivity contribution in [3.8, 4) is 0 Å². The zero-order chi connectivity index (χ0) is 28.6. The monoisotopic (exact) mass is 538 g/mol. The summed E-state index contributed by atoms with van der Waals surface area (Å²) in [5.41, 5.74) is 6.41. The maximum atomic E-state index is 12.4. The highest BCUT2D eigenvalue weighted by Gasteiger charge is 2.31. The highest BCUT2D eigenvalue weighted by Crippen LogP contribution is 2.36. The average molecular weight is 539 g/mol. The van der Waals surface area contributed by atoms with E-state index in [2.05, 4.69) is 16.7 Å². The van der Waals surface area contributed by atoms with Gasteiger partial charge in [-0.3, -0.25) is 4.79 Å². The van der Waals surface area contributed by atoms with Crippen LogP contribution in [-0.2, 0) is 27.4 Å². The Bertz CT molecular complexity index is 1680. The molecule has 0 aromatic heterocycles. The van der Waals surface area contributed by atoms with Gasteiger partial charge in [-0.2, -0.15) is 0 Å². The standard InChI is InChI=1S/C35H26N2O4/c1-3-24-9-11-27(12-10-24)23-40-34(38)29-17-13-26(14-18-29)22-37-30-19-15-25(16-20-30)21-31-32(28-7-5-4-6-8-28)33(36-2)35(39)41-31/h3-21,37H,1,22-23H2. The van der Waals surface area contributed by atoms with Crippen molar-refractivity contribution in [1.82, 2.24) is 0 Å². The third kappa shape index (κ3) is 6.49. The molecule has 5 rings (SSSR count). The molecule has 1 N–H and O–H groups in total. The van der Waals surface area contributed by atoms with Crippen molar-refractivity contribution >= 4 is 35.4 Å². The molecule has 0 amide bonds. The maximum Gasteiger partial charge on any atom is 0.342 e. The highest BCUT2D eigenvalue weighted by molar-refractivity contribution is 6.09. The van der Waals surface area contributed by atoms with Crippen LogP contribution < -0.4 is 5.32 Å². The van der Waals surface area contributed by atoms with E-state index in [4.69, 9.17) is 16.0 Å². The molecule has 0 fully saturated rings. The summed E-state index contributed by atoms with van der Waals surface area (Å²) in [5.74, 6) is -0.651. The topological polar surface area (TPSA) is 69.0 Å². The number of carbonyl (C=O) groups excluding carboxylic acids is 2. The number of hydrogen-bond donors (Lipinski definition) is 1. The van der Waals surface area contributed by atoms with Crippen LogP contribution >= 0.6 is 0 Å². The lowest BCUT2D eigenvalue weighted by molar-refractivity contribution is -0.132. The number of hydrogen-bond acceptors (Lipinski definition) is 5. The first kappa shape index (κ1) is 26.9. The summed E-state index contributed by atoms with van der Waals surface area (Å²) in [7, 11) is 0. The Morgan fingerprint density at radius 2 is 1.54 bits per heavy atom. The lowest BCUT2D eigenvalue weighted by Gasteiger charge is -2.09. The number of nitrogens with zero attached hydrogens (tertiary/aromatic N) is 1. The van der Waals surface area contributed by atoms with Crippen LogP contribution in [0, 0.1) is 6.57 Å². The molecule has 1 aliphatic heterocycles. The van der Waals surface area contributed by atoms with E-state index < -0.39 is 5.97 Å². The van der Waals surface area contributed by atoms with Crippen molar-refractivity contribution in [2.45, 2.75) is 13.2 Å². The molecule has 0 radical (unpaired) electrons. The van der Waals surface area contributed by atoms with Gasteiger partial charge in [0.1, 0.15) is 12.4 Å². The smallest absolute Gasteiger partial charge is 0.342 e. The van der Waals surface area contributed by atoms with E-state index in [9.17, 15) is 9.59 Å². The average Bonchev–Trinajstić information content (AvgIpc) is 3.34. The van der Waals surface area contributed by atoms with Crippen LogP contribution in [0.25, 0.3) is 22.6 Å². The van der Waals surface area contributed by atoms with Gasteiger partial charge in [-0.15, -0.1) is 0 Å². The van der Waals surface area contributed by atoms with Crippen LogP contribution in [0.5, 0.6) is 0 Å². The minimum Gasteiger partial charge on any atom is -0.457 e. The van der Waals surface area contributed by atoms with Gasteiger partial charge in [0.05, 0.1) is 12.1 Å². The predicted octanol–water partition coefficient (Wildman–Crippen LogP) is 7.53. The number of rotatable bonds is 9. The van der Waals surface area contributed by atoms with E-state index in [0.717, 1.165) is 33.5 Å². The second kappa shape index (κ2) is 12.5. The van der Waals surface area contributed by atoms with E-state index in [1.807, 2.05) is 91.0 Å². The number of nitrogens with one attached hydrogen (secondary N) is 1. The van der Waals surface area contributed by atoms with Crippen molar-refractivity contribution in [1.29, 1.82) is 0 Å². The Balaban J connectivity index is 1.18. The summed E-state index contributed by atoms with van der Waals surface area (Å²) in [6.45, 7) is 11.9. The van der Waals surface area contributed by atoms with E-state index in [-0.39, 0.29) is 18.3 Å². The largest absolute Gasteiger partial charge is 0.457 e. The van der Waals surface area contributed by atoms with Crippen LogP contribution in [0.4, 0.5) is 5.69 Å². The Hall–Kier alpha value is -5.67. The number of esters is 2. The number of anilines is 1. The van der Waals surface area contributed by atoms with Crippen molar-refractivity contribution in [3.63, 3.8) is 0 Å². The molecule has 1 aliphatic rings. The van der Waals surface area contributed by atoms with Crippen molar-refractivity contribution in [2.75, 3.05) is 5.32 Å². The summed E-state index contributed by atoms with van der Waals surface area (Å²) in [4.78, 5) is 28.1. The molecule has 41 heavy (non-hydrogen) atoms. The molecule has 6 nitrogen and oxygen atoms in total. The number of benzene rings is 4. The first-order valence-electron chi connectivity index (χ1n) is 13.0. The lowest BCUT2D eigenvalue weighted by atomic mass is 10.0. The van der Waals surface area contributed by atoms with Crippen LogP contribution in [-0.4, -0.2) is 11.9 Å². The third-order valence-corrected chi connectivity index (χ3v) is 6.53. The van der Waals surface area contributed by atoms with Crippen molar-refractivity contribution in [3.05, 3.63) is 166 Å². The number of allylic oxidation sites excluding steroid dienone is 1. The number of cyclic esters (lactones) is 1. The highest BCUT2D eigenvalue weighted by atomic mass is 16.5. The molecule has 0 saturated carbocycles. The van der Waals surface area contributed by atoms with Gasteiger partial charge in [0.15, 0.2) is 0 Å². The molecule has 0 bridgehead atoms. The predicted molar refractivity (Wildman–Crippen MR) is 160 cm³/mol. The van der Waals surface area contributed by atoms with Gasteiger partial charge >= 0.3 is 11.9 Å². The van der Waals surface area contributed by atoms with Crippen molar-refractivity contribution < 1.29 is 19.1 Å². The molecule has 0 saturated heterocycles. The van der Waals surface area contributed by atoms with Crippen LogP contribution in [0.15, 0.2) is 121 Å². The van der Waals surface area contributed by atoms with Gasteiger partial charge in [0.2, 0.25) is 0 Å². The summed E-state index contributed by atoms with van der Waals surface area (Å²) in [5, 5.41) is 3.37. The number of carbonyl (C=O) groups is 2. The quantitative estimate of drug-likeness (QED) is 0.176. The molecule has 4 aromatic rings. The lowest BCUT2D eigenvalue weighted by Crippen LogP contribution is -2.06. The normalized spacial score (nSPS) is 13.4. The van der Waals surface area contributed by atoms with Gasteiger partial charge in [-0.05, 0) is 58.2 Å². The number of ether oxygens (including phenoxy) is 2. The maximum absolute atomic E-state index is 12.4. The van der Waals surface area contributed by atoms with Gasteiger partial charge < -0.3 is 14.8 Å². The summed E-state index contributed by atoms with van der Waals surface area (Å²) >= 11 is 0. The van der Waals surface area contributed by atoms with Crippen LogP contribution in [0.3, 0.4) is 0 Å². The summed E-state index contributed by atoms with van der Waals surface area (Å²) < 4.78 is 10.9. The van der Waals surface area contributed by atoms with Crippen LogP contribution in [0.2, 0.25) is 0 Å². The molecule has 0 atom stereocenters. The molecule has 0 aliphatic carbocycles. The molecule has 1 heterocycles. The fourth-order valence-electron chi connectivity index (χ4n) is 4.30. The third-order valence-electron chi connectivity index (χ3n) is 6.53. The minimum absolute atomic E-state index is 0.0152. The SMILES string of the molecule is [C-]#[N+]C1=C(c2ccccc2)C(=Cc2ccc(NCc3ccc(C(=O)OCc4ccc(C=C)cc4)cc3)cc2)OC1=O. The molecule has 4 aromatic carbocycles. The molecular formula is C35H26N2O4. The molecule has 0 unspecified atom stereocenters. The fraction of sp³-hybridized carbons (Fsp3) is 0.0571. The zero-order valence-electron chi connectivity index (χ0n) is 22.2. The first-order chi connectivity index (χ1) is 20.0. The first-order valence-corrected chi connectivity index (χ1v) is 13.0. The van der Waals surface area contributed by atoms with Gasteiger partial charge in [0.25, 0.3) is 5.70 Å². The Labute approximate surface area is 238 Å². The van der Waals surface area contributed by atoms with E-state index in [1.165, 1.54) is 0 Å². The van der Waals surface area contributed by atoms with Gasteiger partial charge in [-0.1, -0.05) is 91.5 Å². The molecule has 6 heteroatoms.